The molecule has 1 aromatic heterocycles. The topological polar surface area (TPSA) is 68.2 Å². The highest BCUT2D eigenvalue weighted by Gasteiger charge is 2.34. The highest BCUT2D eigenvalue weighted by atomic mass is 16.6. The zero-order valence-corrected chi connectivity index (χ0v) is 14.4. The number of rotatable bonds is 6. The van der Waals surface area contributed by atoms with Crippen LogP contribution in [0.15, 0.2) is 19.0 Å². The molecule has 1 amide bonds. The number of alkyl carbamates (subject to hydrolysis) is 1. The first-order valence-electron chi connectivity index (χ1n) is 8.19. The van der Waals surface area contributed by atoms with Crippen molar-refractivity contribution >= 4 is 12.3 Å². The van der Waals surface area contributed by atoms with E-state index in [1.54, 1.807) is 10.9 Å². The van der Waals surface area contributed by atoms with Gasteiger partial charge in [-0.3, -0.25) is 0 Å². The van der Waals surface area contributed by atoms with Crippen LogP contribution in [0, 0.1) is 0 Å². The zero-order valence-electron chi connectivity index (χ0n) is 14.4. The lowest BCUT2D eigenvalue weighted by molar-refractivity contribution is 0.0509. The van der Waals surface area contributed by atoms with E-state index in [9.17, 15) is 4.79 Å². The van der Waals surface area contributed by atoms with Crippen molar-refractivity contribution in [2.24, 2.45) is 0 Å². The Balaban J connectivity index is 1.88. The van der Waals surface area contributed by atoms with Crippen LogP contribution in [-0.4, -0.2) is 33.6 Å². The average molecular weight is 320 g/mol. The Bertz CT molecular complexity index is 539. The molecule has 1 aliphatic carbocycles. The highest BCUT2D eigenvalue weighted by Crippen LogP contribution is 2.29. The number of nitrogens with zero attached hydrogens (tertiary/aromatic N) is 2. The maximum absolute atomic E-state index is 11.9. The van der Waals surface area contributed by atoms with Crippen molar-refractivity contribution in [3.8, 4) is 0 Å². The molecule has 0 spiro atoms. The Morgan fingerprint density at radius 3 is 2.74 bits per heavy atom. The molecule has 0 saturated heterocycles. The molecule has 1 fully saturated rings. The summed E-state index contributed by atoms with van der Waals surface area (Å²) >= 11 is 0. The number of amides is 1. The van der Waals surface area contributed by atoms with Gasteiger partial charge in [-0.05, 0) is 33.6 Å². The molecule has 0 aromatic carbocycles. The van der Waals surface area contributed by atoms with Crippen LogP contribution >= 0.6 is 0 Å². The van der Waals surface area contributed by atoms with Gasteiger partial charge in [0, 0.05) is 36.6 Å². The number of hydrogen-bond donors (Lipinski definition) is 2. The normalized spacial score (nSPS) is 17.0. The summed E-state index contributed by atoms with van der Waals surface area (Å²) in [6.45, 7) is 10.6. The Labute approximate surface area is 138 Å². The molecule has 0 unspecified atom stereocenters. The largest absolute Gasteiger partial charge is 0.444 e. The average Bonchev–Trinajstić information content (AvgIpc) is 3.11. The first-order valence-corrected chi connectivity index (χ1v) is 8.19. The van der Waals surface area contributed by atoms with E-state index in [-0.39, 0.29) is 11.6 Å². The van der Waals surface area contributed by atoms with E-state index in [4.69, 9.17) is 4.74 Å². The molecule has 0 atom stereocenters. The summed E-state index contributed by atoms with van der Waals surface area (Å²) < 4.78 is 7.01. The van der Waals surface area contributed by atoms with E-state index in [1.165, 1.54) is 12.8 Å². The van der Waals surface area contributed by atoms with Gasteiger partial charge in [0.05, 0.1) is 6.20 Å². The third-order valence-electron chi connectivity index (χ3n) is 4.04. The quantitative estimate of drug-likeness (QED) is 0.845. The second kappa shape index (κ2) is 7.17. The van der Waals surface area contributed by atoms with Crippen molar-refractivity contribution in [3.05, 3.63) is 24.5 Å². The van der Waals surface area contributed by atoms with Gasteiger partial charge in [0.25, 0.3) is 0 Å². The number of carbonyl (C=O) groups is 1. The van der Waals surface area contributed by atoms with Crippen LogP contribution < -0.4 is 10.6 Å². The van der Waals surface area contributed by atoms with Gasteiger partial charge in [0.2, 0.25) is 0 Å². The summed E-state index contributed by atoms with van der Waals surface area (Å²) in [6.07, 6.45) is 9.55. The number of carbonyl (C=O) groups excluding carboxylic acids is 1. The second-order valence-corrected chi connectivity index (χ2v) is 7.21. The fourth-order valence-corrected chi connectivity index (χ4v) is 2.88. The molecule has 6 heteroatoms. The van der Waals surface area contributed by atoms with Gasteiger partial charge in [0.1, 0.15) is 5.60 Å². The van der Waals surface area contributed by atoms with Crippen LogP contribution in [0.3, 0.4) is 0 Å². The van der Waals surface area contributed by atoms with E-state index in [1.807, 2.05) is 33.2 Å². The molecule has 2 rings (SSSR count). The Kier molecular flexibility index (Phi) is 5.46. The zero-order chi connectivity index (χ0) is 16.9. The fourth-order valence-electron chi connectivity index (χ4n) is 2.88. The minimum atomic E-state index is -0.473. The number of nitrogens with one attached hydrogen (secondary N) is 2. The van der Waals surface area contributed by atoms with Crippen molar-refractivity contribution in [2.45, 2.75) is 64.1 Å². The third-order valence-corrected chi connectivity index (χ3v) is 4.04. The van der Waals surface area contributed by atoms with Crippen molar-refractivity contribution in [1.29, 1.82) is 0 Å². The van der Waals surface area contributed by atoms with E-state index in [2.05, 4.69) is 22.3 Å². The van der Waals surface area contributed by atoms with Crippen molar-refractivity contribution in [2.75, 3.05) is 6.54 Å². The summed E-state index contributed by atoms with van der Waals surface area (Å²) in [5, 5.41) is 10.7. The van der Waals surface area contributed by atoms with Crippen molar-refractivity contribution in [3.63, 3.8) is 0 Å². The van der Waals surface area contributed by atoms with E-state index in [0.29, 0.717) is 6.54 Å². The lowest BCUT2D eigenvalue weighted by Crippen LogP contribution is -2.51. The van der Waals surface area contributed by atoms with Gasteiger partial charge in [-0.25, -0.2) is 9.48 Å². The molecule has 0 radical (unpaired) electrons. The molecule has 1 saturated carbocycles. The number of hydrogen-bond acceptors (Lipinski definition) is 4. The molecule has 1 heterocycles. The molecule has 1 aromatic rings. The lowest BCUT2D eigenvalue weighted by Gasteiger charge is -2.31. The van der Waals surface area contributed by atoms with E-state index >= 15 is 0 Å². The van der Waals surface area contributed by atoms with Gasteiger partial charge in [0.15, 0.2) is 0 Å². The molecular weight excluding hydrogens is 292 g/mol. The highest BCUT2D eigenvalue weighted by molar-refractivity contribution is 5.67. The molecule has 2 N–H and O–H groups in total. The van der Waals surface area contributed by atoms with Crippen molar-refractivity contribution in [1.82, 2.24) is 20.4 Å². The number of ether oxygens (including phenoxy) is 1. The van der Waals surface area contributed by atoms with Gasteiger partial charge < -0.3 is 15.4 Å². The van der Waals surface area contributed by atoms with Gasteiger partial charge >= 0.3 is 6.09 Å². The van der Waals surface area contributed by atoms with Crippen LogP contribution in [-0.2, 0) is 11.3 Å². The van der Waals surface area contributed by atoms with Crippen LogP contribution in [0.25, 0.3) is 6.20 Å². The standard InChI is InChI=1S/C17H28N4O2/c1-5-21-12-14(11-20-21)10-19-17(8-6-7-9-17)13-18-15(22)23-16(2,3)4/h5,11-12,19H,1,6-10,13H2,2-4H3,(H,18,22). The summed E-state index contributed by atoms with van der Waals surface area (Å²) in [5.74, 6) is 0. The molecule has 23 heavy (non-hydrogen) atoms. The first-order chi connectivity index (χ1) is 10.8. The van der Waals surface area contributed by atoms with E-state index < -0.39 is 5.60 Å². The minimum Gasteiger partial charge on any atom is -0.444 e. The maximum atomic E-state index is 11.9. The second-order valence-electron chi connectivity index (χ2n) is 7.21. The smallest absolute Gasteiger partial charge is 0.407 e. The van der Waals surface area contributed by atoms with Crippen LogP contribution in [0.1, 0.15) is 52.0 Å². The summed E-state index contributed by atoms with van der Waals surface area (Å²) in [6, 6.07) is 0. The first kappa shape index (κ1) is 17.5. The molecular formula is C17H28N4O2. The fraction of sp³-hybridized carbons (Fsp3) is 0.647. The summed E-state index contributed by atoms with van der Waals surface area (Å²) in [7, 11) is 0. The molecule has 0 aliphatic heterocycles. The molecule has 6 nitrogen and oxygen atoms in total. The van der Waals surface area contributed by atoms with Gasteiger partial charge in [-0.2, -0.15) is 5.10 Å². The Morgan fingerprint density at radius 2 is 2.17 bits per heavy atom. The monoisotopic (exact) mass is 320 g/mol. The third kappa shape index (κ3) is 5.39. The van der Waals surface area contributed by atoms with E-state index in [0.717, 1.165) is 24.9 Å². The van der Waals surface area contributed by atoms with Crippen LogP contribution in [0.4, 0.5) is 4.79 Å². The SMILES string of the molecule is C=Cn1cc(CNC2(CNC(=O)OC(C)(C)C)CCCC2)cn1. The summed E-state index contributed by atoms with van der Waals surface area (Å²) in [4.78, 5) is 11.9. The predicted octanol–water partition coefficient (Wildman–Crippen LogP) is 2.91. The Morgan fingerprint density at radius 1 is 1.48 bits per heavy atom. The van der Waals surface area contributed by atoms with Crippen molar-refractivity contribution < 1.29 is 9.53 Å². The molecule has 0 bridgehead atoms. The predicted molar refractivity (Wildman–Crippen MR) is 90.9 cm³/mol. The van der Waals surface area contributed by atoms with Gasteiger partial charge in [-0.1, -0.05) is 19.4 Å². The lowest BCUT2D eigenvalue weighted by atomic mass is 9.97. The number of aromatic nitrogens is 2. The molecule has 128 valence electrons. The summed E-state index contributed by atoms with van der Waals surface area (Å²) in [5.41, 5.74) is 0.570. The molecule has 1 aliphatic rings. The van der Waals surface area contributed by atoms with Crippen LogP contribution in [0.5, 0.6) is 0 Å². The van der Waals surface area contributed by atoms with Crippen LogP contribution in [0.2, 0.25) is 0 Å². The van der Waals surface area contributed by atoms with Gasteiger partial charge in [-0.15, -0.1) is 0 Å². The maximum Gasteiger partial charge on any atom is 0.407 e. The Hall–Kier alpha value is -1.82. The minimum absolute atomic E-state index is 0.0623.